The number of likely N-dealkylation sites (tertiary alicyclic amines) is 1. The number of rotatable bonds is 7. The number of nitrogens with one attached hydrogen (secondary N) is 2. The minimum Gasteiger partial charge on any atom is -0.344 e. The summed E-state index contributed by atoms with van der Waals surface area (Å²) < 4.78 is 0. The van der Waals surface area contributed by atoms with Crippen molar-refractivity contribution in [1.82, 2.24) is 10.2 Å². The summed E-state index contributed by atoms with van der Waals surface area (Å²) in [5.74, 6) is -0.741. The minimum atomic E-state index is -0.699. The molecule has 1 fully saturated rings. The zero-order chi connectivity index (χ0) is 23.1. The fourth-order valence-corrected chi connectivity index (χ4v) is 3.86. The third-order valence-electron chi connectivity index (χ3n) is 5.80. The lowest BCUT2D eigenvalue weighted by atomic mass is 9.94. The number of carbonyl (C=O) groups is 3. The van der Waals surface area contributed by atoms with Crippen LogP contribution in [0.1, 0.15) is 30.9 Å². The second kappa shape index (κ2) is 10.9. The summed E-state index contributed by atoms with van der Waals surface area (Å²) in [5, 5.41) is 5.87. The highest BCUT2D eigenvalue weighted by Crippen LogP contribution is 2.19. The molecule has 0 radical (unpaired) electrons. The number of hydrogen-bond acceptors (Lipinski definition) is 4. The van der Waals surface area contributed by atoms with Crippen molar-refractivity contribution in [1.29, 1.82) is 0 Å². The molecule has 2 aromatic carbocycles. The van der Waals surface area contributed by atoms with Gasteiger partial charge in [-0.3, -0.25) is 14.4 Å². The molecule has 1 saturated heterocycles. The lowest BCUT2D eigenvalue weighted by molar-refractivity contribution is -0.136. The molecule has 0 spiro atoms. The van der Waals surface area contributed by atoms with E-state index in [-0.39, 0.29) is 23.6 Å². The number of nitrogens with two attached hydrogens (primary N) is 1. The number of nitrogens with zero attached hydrogens (tertiary/aromatic N) is 1. The van der Waals surface area contributed by atoms with Crippen LogP contribution < -0.4 is 16.4 Å². The van der Waals surface area contributed by atoms with Crippen LogP contribution in [-0.2, 0) is 20.8 Å². The number of piperidine rings is 1. The van der Waals surface area contributed by atoms with E-state index in [1.807, 2.05) is 61.5 Å². The quantitative estimate of drug-likeness (QED) is 0.619. The fraction of sp³-hybridized carbons (Fsp3) is 0.400. The molecular weight excluding hydrogens is 404 g/mol. The smallest absolute Gasteiger partial charge is 0.247 e. The molecule has 7 heteroatoms. The van der Waals surface area contributed by atoms with E-state index in [1.54, 1.807) is 11.8 Å². The van der Waals surface area contributed by atoms with Crippen LogP contribution in [-0.4, -0.2) is 47.8 Å². The van der Waals surface area contributed by atoms with Gasteiger partial charge in [-0.15, -0.1) is 0 Å². The zero-order valence-corrected chi connectivity index (χ0v) is 18.7. The summed E-state index contributed by atoms with van der Waals surface area (Å²) in [7, 11) is 0. The number of anilines is 1. The molecule has 7 nitrogen and oxygen atoms in total. The van der Waals surface area contributed by atoms with Crippen LogP contribution in [0, 0.1) is 12.8 Å². The van der Waals surface area contributed by atoms with Crippen LogP contribution in [0.15, 0.2) is 54.6 Å². The Hall–Kier alpha value is -3.19. The summed E-state index contributed by atoms with van der Waals surface area (Å²) >= 11 is 0. The normalized spacial score (nSPS) is 16.2. The van der Waals surface area contributed by atoms with Crippen molar-refractivity contribution < 1.29 is 14.4 Å². The molecule has 2 unspecified atom stereocenters. The van der Waals surface area contributed by atoms with Gasteiger partial charge in [0, 0.05) is 31.1 Å². The standard InChI is InChI=1S/C25H32N4O3/c1-17-8-10-21(11-9-17)27-24(31)22(16-19-6-4-3-5-7-19)28-23(30)20-12-14-29(15-13-20)25(32)18(2)26/h3-11,18,20,22H,12-16,26H2,1-2H3,(H,27,31)(H,28,30). The Morgan fingerprint density at radius 3 is 2.25 bits per heavy atom. The van der Waals surface area contributed by atoms with Crippen molar-refractivity contribution in [2.75, 3.05) is 18.4 Å². The number of benzene rings is 2. The maximum atomic E-state index is 13.0. The molecule has 0 saturated carbocycles. The second-order valence-electron chi connectivity index (χ2n) is 8.49. The molecule has 3 rings (SSSR count). The molecule has 3 amide bonds. The molecule has 4 N–H and O–H groups in total. The summed E-state index contributed by atoms with van der Waals surface area (Å²) in [6.45, 7) is 4.65. The maximum absolute atomic E-state index is 13.0. The lowest BCUT2D eigenvalue weighted by Gasteiger charge is -2.33. The fourth-order valence-electron chi connectivity index (χ4n) is 3.86. The Bertz CT molecular complexity index is 920. The topological polar surface area (TPSA) is 105 Å². The number of amides is 3. The molecule has 1 heterocycles. The van der Waals surface area contributed by atoms with Gasteiger partial charge in [0.2, 0.25) is 17.7 Å². The predicted molar refractivity (Wildman–Crippen MR) is 125 cm³/mol. The molecular formula is C25H32N4O3. The Morgan fingerprint density at radius 1 is 1.03 bits per heavy atom. The van der Waals surface area contributed by atoms with Crippen LogP contribution in [0.3, 0.4) is 0 Å². The molecule has 32 heavy (non-hydrogen) atoms. The van der Waals surface area contributed by atoms with Crippen molar-refractivity contribution >= 4 is 23.4 Å². The summed E-state index contributed by atoms with van der Waals surface area (Å²) in [6.07, 6.45) is 1.51. The third-order valence-corrected chi connectivity index (χ3v) is 5.80. The van der Waals surface area contributed by atoms with Gasteiger partial charge < -0.3 is 21.3 Å². The van der Waals surface area contributed by atoms with E-state index in [0.717, 1.165) is 11.1 Å². The first-order chi connectivity index (χ1) is 15.3. The first-order valence-electron chi connectivity index (χ1n) is 11.1. The van der Waals surface area contributed by atoms with E-state index in [1.165, 1.54) is 0 Å². The largest absolute Gasteiger partial charge is 0.344 e. The van der Waals surface area contributed by atoms with Gasteiger partial charge in [0.1, 0.15) is 6.04 Å². The molecule has 2 atom stereocenters. The van der Waals surface area contributed by atoms with Crippen LogP contribution in [0.5, 0.6) is 0 Å². The average molecular weight is 437 g/mol. The Morgan fingerprint density at radius 2 is 1.66 bits per heavy atom. The Kier molecular flexibility index (Phi) is 8.00. The van der Waals surface area contributed by atoms with E-state index >= 15 is 0 Å². The molecule has 170 valence electrons. The van der Waals surface area contributed by atoms with Gasteiger partial charge in [-0.05, 0) is 44.4 Å². The van der Waals surface area contributed by atoms with Crippen molar-refractivity contribution in [3.8, 4) is 0 Å². The van der Waals surface area contributed by atoms with Crippen LogP contribution in [0.4, 0.5) is 5.69 Å². The molecule has 0 bridgehead atoms. The number of carbonyl (C=O) groups excluding carboxylic acids is 3. The summed E-state index contributed by atoms with van der Waals surface area (Å²) in [4.78, 5) is 39.8. The molecule has 1 aliphatic heterocycles. The lowest BCUT2D eigenvalue weighted by Crippen LogP contribution is -2.51. The monoisotopic (exact) mass is 436 g/mol. The molecule has 0 aromatic heterocycles. The molecule has 1 aliphatic rings. The third kappa shape index (κ3) is 6.40. The second-order valence-corrected chi connectivity index (χ2v) is 8.49. The first-order valence-corrected chi connectivity index (χ1v) is 11.1. The van der Waals surface area contributed by atoms with E-state index in [0.29, 0.717) is 38.0 Å². The molecule has 0 aliphatic carbocycles. The van der Waals surface area contributed by atoms with Gasteiger partial charge in [-0.2, -0.15) is 0 Å². The van der Waals surface area contributed by atoms with Crippen LogP contribution >= 0.6 is 0 Å². The highest BCUT2D eigenvalue weighted by molar-refractivity contribution is 5.97. The van der Waals surface area contributed by atoms with Gasteiger partial charge in [-0.1, -0.05) is 48.0 Å². The summed E-state index contributed by atoms with van der Waals surface area (Å²) in [5.41, 5.74) is 8.45. The Labute approximate surface area is 189 Å². The van der Waals surface area contributed by atoms with E-state index in [2.05, 4.69) is 10.6 Å². The minimum absolute atomic E-state index is 0.0942. The van der Waals surface area contributed by atoms with Crippen LogP contribution in [0.2, 0.25) is 0 Å². The highest BCUT2D eigenvalue weighted by Gasteiger charge is 2.31. The number of hydrogen-bond donors (Lipinski definition) is 3. The van der Waals surface area contributed by atoms with Gasteiger partial charge in [0.15, 0.2) is 0 Å². The average Bonchev–Trinajstić information content (AvgIpc) is 2.80. The first kappa shape index (κ1) is 23.5. The van der Waals surface area contributed by atoms with Gasteiger partial charge in [-0.25, -0.2) is 0 Å². The van der Waals surface area contributed by atoms with E-state index < -0.39 is 12.1 Å². The zero-order valence-electron chi connectivity index (χ0n) is 18.7. The van der Waals surface area contributed by atoms with Gasteiger partial charge in [0.25, 0.3) is 0 Å². The molecule has 2 aromatic rings. The van der Waals surface area contributed by atoms with E-state index in [4.69, 9.17) is 5.73 Å². The Balaban J connectivity index is 1.65. The van der Waals surface area contributed by atoms with Crippen LogP contribution in [0.25, 0.3) is 0 Å². The van der Waals surface area contributed by atoms with E-state index in [9.17, 15) is 14.4 Å². The van der Waals surface area contributed by atoms with Crippen molar-refractivity contribution in [2.24, 2.45) is 11.7 Å². The highest BCUT2D eigenvalue weighted by atomic mass is 16.2. The van der Waals surface area contributed by atoms with Crippen molar-refractivity contribution in [2.45, 2.75) is 45.2 Å². The van der Waals surface area contributed by atoms with Gasteiger partial charge >= 0.3 is 0 Å². The summed E-state index contributed by atoms with van der Waals surface area (Å²) in [6, 6.07) is 15.9. The SMILES string of the molecule is Cc1ccc(NC(=O)C(Cc2ccccc2)NC(=O)C2CCN(C(=O)C(C)N)CC2)cc1. The number of aryl methyl sites for hydroxylation is 1. The van der Waals surface area contributed by atoms with Crippen molar-refractivity contribution in [3.05, 3.63) is 65.7 Å². The predicted octanol–water partition coefficient (Wildman–Crippen LogP) is 2.25. The maximum Gasteiger partial charge on any atom is 0.247 e. The van der Waals surface area contributed by atoms with Gasteiger partial charge in [0.05, 0.1) is 6.04 Å². The van der Waals surface area contributed by atoms with Crippen molar-refractivity contribution in [3.63, 3.8) is 0 Å².